The van der Waals surface area contributed by atoms with E-state index in [1.54, 1.807) is 28.5 Å². The van der Waals surface area contributed by atoms with E-state index in [2.05, 4.69) is 20.9 Å². The van der Waals surface area contributed by atoms with Crippen LogP contribution in [0.25, 0.3) is 0 Å². The second-order valence-corrected chi connectivity index (χ2v) is 6.42. The monoisotopic (exact) mass is 327 g/mol. The Morgan fingerprint density at radius 3 is 2.83 bits per heavy atom. The van der Waals surface area contributed by atoms with Crippen molar-refractivity contribution in [1.82, 2.24) is 9.88 Å². The van der Waals surface area contributed by atoms with Crippen molar-refractivity contribution in [2.45, 2.75) is 13.5 Å². The van der Waals surface area contributed by atoms with Crippen LogP contribution in [0.2, 0.25) is 0 Å². The molecule has 0 spiro atoms. The maximum atomic E-state index is 12.2. The molecule has 6 heteroatoms. The SMILES string of the molecule is CCN(Cc1ccc(Br)s1)C(=O)c1cc(N)c[nH]1. The molecule has 1 amide bonds. The van der Waals surface area contributed by atoms with Crippen molar-refractivity contribution in [1.29, 1.82) is 0 Å². The summed E-state index contributed by atoms with van der Waals surface area (Å²) in [5.41, 5.74) is 6.72. The number of nitrogens with one attached hydrogen (secondary N) is 1. The van der Waals surface area contributed by atoms with E-state index < -0.39 is 0 Å². The number of halogens is 1. The molecule has 0 aliphatic rings. The fourth-order valence-electron chi connectivity index (χ4n) is 1.66. The Hall–Kier alpha value is -1.27. The average Bonchev–Trinajstić information content (AvgIpc) is 2.94. The first-order valence-corrected chi connectivity index (χ1v) is 7.18. The van der Waals surface area contributed by atoms with Gasteiger partial charge in [0.05, 0.1) is 10.3 Å². The number of nitrogen functional groups attached to an aromatic ring is 1. The summed E-state index contributed by atoms with van der Waals surface area (Å²) in [5.74, 6) is -0.0290. The van der Waals surface area contributed by atoms with E-state index in [-0.39, 0.29) is 5.91 Å². The Labute approximate surface area is 118 Å². The van der Waals surface area contributed by atoms with Crippen molar-refractivity contribution >= 4 is 38.9 Å². The lowest BCUT2D eigenvalue weighted by Gasteiger charge is -2.19. The van der Waals surface area contributed by atoms with Gasteiger partial charge in [0.1, 0.15) is 5.69 Å². The van der Waals surface area contributed by atoms with Crippen LogP contribution in [0, 0.1) is 0 Å². The highest BCUT2D eigenvalue weighted by molar-refractivity contribution is 9.11. The predicted molar refractivity (Wildman–Crippen MR) is 77.6 cm³/mol. The standard InChI is InChI=1S/C12H14BrN3OS/c1-2-16(7-9-3-4-11(13)18-9)12(17)10-5-8(14)6-15-10/h3-6,15H,2,7,14H2,1H3. The van der Waals surface area contributed by atoms with E-state index in [9.17, 15) is 4.79 Å². The van der Waals surface area contributed by atoms with Gasteiger partial charge in [0.15, 0.2) is 0 Å². The van der Waals surface area contributed by atoms with Gasteiger partial charge in [-0.15, -0.1) is 11.3 Å². The molecule has 0 saturated heterocycles. The Morgan fingerprint density at radius 2 is 2.33 bits per heavy atom. The number of rotatable bonds is 4. The largest absolute Gasteiger partial charge is 0.397 e. The van der Waals surface area contributed by atoms with Crippen molar-refractivity contribution in [2.75, 3.05) is 12.3 Å². The van der Waals surface area contributed by atoms with E-state index in [1.807, 2.05) is 19.1 Å². The van der Waals surface area contributed by atoms with Gasteiger partial charge in [-0.2, -0.15) is 0 Å². The number of thiophene rings is 1. The van der Waals surface area contributed by atoms with E-state index in [0.717, 1.165) is 8.66 Å². The molecule has 2 rings (SSSR count). The minimum Gasteiger partial charge on any atom is -0.397 e. The molecule has 0 bridgehead atoms. The average molecular weight is 328 g/mol. The van der Waals surface area contributed by atoms with Crippen LogP contribution >= 0.6 is 27.3 Å². The van der Waals surface area contributed by atoms with Gasteiger partial charge in [0.25, 0.3) is 5.91 Å². The summed E-state index contributed by atoms with van der Waals surface area (Å²) in [7, 11) is 0. The number of carbonyl (C=O) groups excluding carboxylic acids is 1. The van der Waals surface area contributed by atoms with Gasteiger partial charge in [0, 0.05) is 23.3 Å². The molecular formula is C12H14BrN3OS. The summed E-state index contributed by atoms with van der Waals surface area (Å²) in [6.45, 7) is 3.24. The van der Waals surface area contributed by atoms with E-state index in [0.29, 0.717) is 24.5 Å². The number of amides is 1. The van der Waals surface area contributed by atoms with Crippen molar-refractivity contribution in [2.24, 2.45) is 0 Å². The third kappa shape index (κ3) is 2.94. The molecule has 18 heavy (non-hydrogen) atoms. The third-order valence-corrected chi connectivity index (χ3v) is 4.19. The molecule has 0 unspecified atom stereocenters. The first-order chi connectivity index (χ1) is 8.60. The quantitative estimate of drug-likeness (QED) is 0.906. The smallest absolute Gasteiger partial charge is 0.270 e. The fraction of sp³-hybridized carbons (Fsp3) is 0.250. The molecule has 3 N–H and O–H groups in total. The summed E-state index contributed by atoms with van der Waals surface area (Å²) in [6, 6.07) is 5.67. The highest BCUT2D eigenvalue weighted by atomic mass is 79.9. The number of anilines is 1. The second-order valence-electron chi connectivity index (χ2n) is 3.87. The van der Waals surface area contributed by atoms with Gasteiger partial charge in [-0.05, 0) is 41.1 Å². The minimum atomic E-state index is -0.0290. The lowest BCUT2D eigenvalue weighted by molar-refractivity contribution is 0.0749. The fourth-order valence-corrected chi connectivity index (χ4v) is 3.16. The molecule has 0 saturated carbocycles. The highest BCUT2D eigenvalue weighted by Gasteiger charge is 2.16. The number of aromatic amines is 1. The highest BCUT2D eigenvalue weighted by Crippen LogP contribution is 2.23. The topological polar surface area (TPSA) is 62.1 Å². The number of aromatic nitrogens is 1. The number of nitrogens with two attached hydrogens (primary N) is 1. The van der Waals surface area contributed by atoms with Crippen molar-refractivity contribution in [3.63, 3.8) is 0 Å². The number of hydrogen-bond donors (Lipinski definition) is 2. The number of nitrogens with zero attached hydrogens (tertiary/aromatic N) is 1. The molecule has 0 aromatic carbocycles. The summed E-state index contributed by atoms with van der Waals surface area (Å²) in [5, 5.41) is 0. The molecule has 4 nitrogen and oxygen atoms in total. The van der Waals surface area contributed by atoms with E-state index in [4.69, 9.17) is 5.73 Å². The van der Waals surface area contributed by atoms with Crippen LogP contribution in [0.1, 0.15) is 22.3 Å². The van der Waals surface area contributed by atoms with E-state index in [1.165, 1.54) is 0 Å². The Morgan fingerprint density at radius 1 is 1.56 bits per heavy atom. The molecule has 0 fully saturated rings. The number of carbonyl (C=O) groups is 1. The van der Waals surface area contributed by atoms with Crippen LogP contribution in [-0.4, -0.2) is 22.3 Å². The van der Waals surface area contributed by atoms with Crippen molar-refractivity contribution in [3.8, 4) is 0 Å². The van der Waals surface area contributed by atoms with Crippen LogP contribution in [0.15, 0.2) is 28.2 Å². The molecule has 0 aliphatic carbocycles. The number of hydrogen-bond acceptors (Lipinski definition) is 3. The molecule has 2 heterocycles. The van der Waals surface area contributed by atoms with Gasteiger partial charge in [0.2, 0.25) is 0 Å². The lowest BCUT2D eigenvalue weighted by Crippen LogP contribution is -2.30. The molecule has 0 radical (unpaired) electrons. The number of H-pyrrole nitrogens is 1. The van der Waals surface area contributed by atoms with Gasteiger partial charge >= 0.3 is 0 Å². The molecule has 2 aromatic heterocycles. The molecule has 0 aliphatic heterocycles. The van der Waals surface area contributed by atoms with Crippen LogP contribution in [0.5, 0.6) is 0 Å². The summed E-state index contributed by atoms with van der Waals surface area (Å²) in [4.78, 5) is 18.1. The summed E-state index contributed by atoms with van der Waals surface area (Å²) < 4.78 is 1.07. The zero-order chi connectivity index (χ0) is 13.1. The van der Waals surface area contributed by atoms with Crippen LogP contribution in [0.4, 0.5) is 5.69 Å². The first-order valence-electron chi connectivity index (χ1n) is 5.57. The van der Waals surface area contributed by atoms with Crippen LogP contribution in [-0.2, 0) is 6.54 Å². The molecular weight excluding hydrogens is 314 g/mol. The van der Waals surface area contributed by atoms with Gasteiger partial charge < -0.3 is 15.6 Å². The maximum absolute atomic E-state index is 12.2. The maximum Gasteiger partial charge on any atom is 0.270 e. The van der Waals surface area contributed by atoms with Crippen LogP contribution in [0.3, 0.4) is 0 Å². The molecule has 2 aromatic rings. The second kappa shape index (κ2) is 5.58. The summed E-state index contributed by atoms with van der Waals surface area (Å²) >= 11 is 5.06. The normalized spacial score (nSPS) is 10.6. The summed E-state index contributed by atoms with van der Waals surface area (Å²) in [6.07, 6.45) is 1.63. The Kier molecular flexibility index (Phi) is 4.08. The molecule has 96 valence electrons. The lowest BCUT2D eigenvalue weighted by atomic mass is 10.3. The van der Waals surface area contributed by atoms with Crippen molar-refractivity contribution in [3.05, 3.63) is 38.8 Å². The minimum absolute atomic E-state index is 0.0290. The first kappa shape index (κ1) is 13.2. The zero-order valence-electron chi connectivity index (χ0n) is 9.94. The zero-order valence-corrected chi connectivity index (χ0v) is 12.3. The van der Waals surface area contributed by atoms with Gasteiger partial charge in [-0.25, -0.2) is 0 Å². The van der Waals surface area contributed by atoms with Crippen molar-refractivity contribution < 1.29 is 4.79 Å². The predicted octanol–water partition coefficient (Wildman–Crippen LogP) is 3.08. The van der Waals surface area contributed by atoms with E-state index >= 15 is 0 Å². The Bertz CT molecular complexity index is 549. The van der Waals surface area contributed by atoms with Gasteiger partial charge in [-0.3, -0.25) is 4.79 Å². The van der Waals surface area contributed by atoms with Crippen LogP contribution < -0.4 is 5.73 Å². The van der Waals surface area contributed by atoms with Gasteiger partial charge in [-0.1, -0.05) is 0 Å². The molecule has 0 atom stereocenters. The Balaban J connectivity index is 2.11. The third-order valence-electron chi connectivity index (χ3n) is 2.58.